The Morgan fingerprint density at radius 2 is 2.17 bits per heavy atom. The molecule has 18 heavy (non-hydrogen) atoms. The van der Waals surface area contributed by atoms with Gasteiger partial charge in [-0.1, -0.05) is 30.7 Å². The summed E-state index contributed by atoms with van der Waals surface area (Å²) in [5, 5.41) is 8.41. The highest BCUT2D eigenvalue weighted by atomic mass is 79.9. The first kappa shape index (κ1) is 14.1. The molecule has 1 nitrogen and oxygen atoms in total. The van der Waals surface area contributed by atoms with Gasteiger partial charge in [0, 0.05) is 26.5 Å². The maximum atomic E-state index is 6.38. The molecular weight excluding hydrogens is 330 g/mol. The van der Waals surface area contributed by atoms with E-state index < -0.39 is 0 Å². The largest absolute Gasteiger partial charge is 0.310 e. The summed E-state index contributed by atoms with van der Waals surface area (Å²) < 4.78 is 1.12. The van der Waals surface area contributed by atoms with E-state index in [0.29, 0.717) is 0 Å². The van der Waals surface area contributed by atoms with Gasteiger partial charge in [-0.3, -0.25) is 0 Å². The van der Waals surface area contributed by atoms with Crippen molar-refractivity contribution in [1.82, 2.24) is 5.32 Å². The molecule has 0 fully saturated rings. The van der Waals surface area contributed by atoms with Gasteiger partial charge in [0.15, 0.2) is 0 Å². The Balaban J connectivity index is 2.33. The molecule has 4 heteroatoms. The van der Waals surface area contributed by atoms with Gasteiger partial charge in [0.05, 0.1) is 0 Å². The molecule has 0 aliphatic heterocycles. The molecule has 0 spiro atoms. The second-order valence-corrected chi connectivity index (χ2v) is 6.15. The van der Waals surface area contributed by atoms with Crippen molar-refractivity contribution in [3.05, 3.63) is 44.0 Å². The number of hydrogen-bond acceptors (Lipinski definition) is 2. The minimum absolute atomic E-state index is 0.280. The van der Waals surface area contributed by atoms with E-state index in [1.165, 1.54) is 5.56 Å². The first-order valence-electron chi connectivity index (χ1n) is 5.88. The van der Waals surface area contributed by atoms with Crippen LogP contribution in [0.4, 0.5) is 0 Å². The van der Waals surface area contributed by atoms with Crippen LogP contribution in [0.2, 0.25) is 5.02 Å². The molecule has 1 aromatic heterocycles. The maximum absolute atomic E-state index is 6.38. The fraction of sp³-hybridized carbons (Fsp3) is 0.286. The third kappa shape index (κ3) is 2.97. The molecule has 2 rings (SSSR count). The highest BCUT2D eigenvalue weighted by Gasteiger charge is 2.11. The summed E-state index contributed by atoms with van der Waals surface area (Å²) in [4.78, 5) is 0. The van der Waals surface area contributed by atoms with Gasteiger partial charge >= 0.3 is 0 Å². The average Bonchev–Trinajstić information content (AvgIpc) is 2.75. The van der Waals surface area contributed by atoms with Crippen LogP contribution in [0.1, 0.15) is 25.5 Å². The van der Waals surface area contributed by atoms with Gasteiger partial charge in [0.2, 0.25) is 0 Å². The summed E-state index contributed by atoms with van der Waals surface area (Å²) in [7, 11) is 0. The van der Waals surface area contributed by atoms with Crippen LogP contribution >= 0.6 is 38.9 Å². The van der Waals surface area contributed by atoms with Crippen molar-refractivity contribution in [2.24, 2.45) is 0 Å². The summed E-state index contributed by atoms with van der Waals surface area (Å²) in [6.45, 7) is 5.17. The van der Waals surface area contributed by atoms with Crippen LogP contribution in [0.25, 0.3) is 11.1 Å². The molecule has 0 radical (unpaired) electrons. The van der Waals surface area contributed by atoms with Crippen molar-refractivity contribution >= 4 is 38.9 Å². The van der Waals surface area contributed by atoms with E-state index in [9.17, 15) is 0 Å². The zero-order valence-electron chi connectivity index (χ0n) is 10.3. The molecule has 1 unspecified atom stereocenters. The van der Waals surface area contributed by atoms with E-state index in [-0.39, 0.29) is 6.04 Å². The van der Waals surface area contributed by atoms with Crippen molar-refractivity contribution in [3.8, 4) is 11.1 Å². The highest BCUT2D eigenvalue weighted by Crippen LogP contribution is 2.34. The monoisotopic (exact) mass is 343 g/mol. The summed E-state index contributed by atoms with van der Waals surface area (Å²) in [6.07, 6.45) is 0. The number of rotatable bonds is 4. The molecule has 96 valence electrons. The minimum atomic E-state index is 0.280. The van der Waals surface area contributed by atoms with Crippen molar-refractivity contribution in [2.45, 2.75) is 19.9 Å². The fourth-order valence-corrected chi connectivity index (χ4v) is 3.83. The van der Waals surface area contributed by atoms with Gasteiger partial charge < -0.3 is 5.32 Å². The van der Waals surface area contributed by atoms with E-state index in [1.807, 2.05) is 6.07 Å². The van der Waals surface area contributed by atoms with Gasteiger partial charge in [-0.05, 0) is 52.0 Å². The molecule has 0 aliphatic carbocycles. The number of halogens is 2. The topological polar surface area (TPSA) is 12.0 Å². The molecule has 1 heterocycles. The third-order valence-corrected chi connectivity index (χ3v) is 4.93. The van der Waals surface area contributed by atoms with Crippen LogP contribution in [-0.4, -0.2) is 6.54 Å². The van der Waals surface area contributed by atoms with Gasteiger partial charge in [0.25, 0.3) is 0 Å². The van der Waals surface area contributed by atoms with Crippen LogP contribution < -0.4 is 5.32 Å². The quantitative estimate of drug-likeness (QED) is 0.772. The molecule has 0 saturated carbocycles. The van der Waals surface area contributed by atoms with Gasteiger partial charge in [-0.25, -0.2) is 0 Å². The number of nitrogens with one attached hydrogen (secondary N) is 1. The first-order chi connectivity index (χ1) is 8.63. The summed E-state index contributed by atoms with van der Waals surface area (Å²) >= 11 is 11.6. The summed E-state index contributed by atoms with van der Waals surface area (Å²) in [6, 6.07) is 6.55. The van der Waals surface area contributed by atoms with Crippen molar-refractivity contribution in [2.75, 3.05) is 6.54 Å². The van der Waals surface area contributed by atoms with E-state index >= 15 is 0 Å². The Morgan fingerprint density at radius 1 is 1.39 bits per heavy atom. The molecule has 0 aliphatic rings. The van der Waals surface area contributed by atoms with E-state index in [0.717, 1.165) is 27.2 Å². The first-order valence-corrected chi connectivity index (χ1v) is 7.99. The van der Waals surface area contributed by atoms with Crippen molar-refractivity contribution in [1.29, 1.82) is 0 Å². The van der Waals surface area contributed by atoms with Crippen molar-refractivity contribution in [3.63, 3.8) is 0 Å². The number of hydrogen-bond donors (Lipinski definition) is 1. The zero-order chi connectivity index (χ0) is 13.1. The molecule has 1 atom stereocenters. The average molecular weight is 345 g/mol. The molecular formula is C14H15BrClNS. The maximum Gasteiger partial charge on any atom is 0.0459 e. The SMILES string of the molecule is CCNC(C)c1ccc(-c2cscc2Br)cc1Cl. The van der Waals surface area contributed by atoms with Crippen LogP contribution in [0.15, 0.2) is 33.4 Å². The van der Waals surface area contributed by atoms with Crippen LogP contribution in [0.5, 0.6) is 0 Å². The van der Waals surface area contributed by atoms with E-state index in [2.05, 4.69) is 58.0 Å². The van der Waals surface area contributed by atoms with Gasteiger partial charge in [-0.15, -0.1) is 0 Å². The fourth-order valence-electron chi connectivity index (χ4n) is 1.95. The van der Waals surface area contributed by atoms with Crippen LogP contribution in [0.3, 0.4) is 0 Å². The lowest BCUT2D eigenvalue weighted by atomic mass is 10.0. The second-order valence-electron chi connectivity index (χ2n) is 4.15. The minimum Gasteiger partial charge on any atom is -0.310 e. The molecule has 2 aromatic rings. The van der Waals surface area contributed by atoms with E-state index in [4.69, 9.17) is 11.6 Å². The van der Waals surface area contributed by atoms with Crippen LogP contribution in [-0.2, 0) is 0 Å². The molecule has 1 aromatic carbocycles. The molecule has 0 saturated heterocycles. The standard InChI is InChI=1S/C14H15BrClNS/c1-3-17-9(2)11-5-4-10(6-14(11)16)12-7-18-8-13(12)15/h4-9,17H,3H2,1-2H3. The predicted molar refractivity (Wildman–Crippen MR) is 84.6 cm³/mol. The Hall–Kier alpha value is -0.350. The van der Waals surface area contributed by atoms with Gasteiger partial charge in [0.1, 0.15) is 0 Å². The summed E-state index contributed by atoms with van der Waals surface area (Å²) in [5.41, 5.74) is 3.50. The van der Waals surface area contributed by atoms with Gasteiger partial charge in [-0.2, -0.15) is 11.3 Å². The third-order valence-electron chi connectivity index (χ3n) is 2.90. The highest BCUT2D eigenvalue weighted by molar-refractivity contribution is 9.10. The van der Waals surface area contributed by atoms with Crippen molar-refractivity contribution < 1.29 is 0 Å². The lowest BCUT2D eigenvalue weighted by Crippen LogP contribution is -2.17. The Labute approximate surface area is 125 Å². The smallest absolute Gasteiger partial charge is 0.0459 e. The van der Waals surface area contributed by atoms with E-state index in [1.54, 1.807) is 11.3 Å². The van der Waals surface area contributed by atoms with Crippen LogP contribution in [0, 0.1) is 0 Å². The Kier molecular flexibility index (Phi) is 4.84. The predicted octanol–water partition coefficient (Wildman–Crippen LogP) is 5.50. The zero-order valence-corrected chi connectivity index (χ0v) is 13.5. The number of benzene rings is 1. The Bertz CT molecular complexity index is 538. The second kappa shape index (κ2) is 6.20. The molecule has 0 bridgehead atoms. The Morgan fingerprint density at radius 3 is 2.72 bits per heavy atom. The summed E-state index contributed by atoms with van der Waals surface area (Å²) in [5.74, 6) is 0. The normalized spacial score (nSPS) is 12.7. The number of thiophene rings is 1. The lowest BCUT2D eigenvalue weighted by molar-refractivity contribution is 0.598. The lowest BCUT2D eigenvalue weighted by Gasteiger charge is -2.15. The molecule has 0 amide bonds. The molecule has 1 N–H and O–H groups in total.